The first kappa shape index (κ1) is 22.7. The van der Waals surface area contributed by atoms with Crippen LogP contribution in [0.5, 0.6) is 0 Å². The van der Waals surface area contributed by atoms with Crippen molar-refractivity contribution in [1.82, 2.24) is 29.3 Å². The molecule has 3 aromatic heterocycles. The fourth-order valence-electron chi connectivity index (χ4n) is 5.52. The molecule has 7 heteroatoms. The van der Waals surface area contributed by atoms with E-state index < -0.39 is 0 Å². The van der Waals surface area contributed by atoms with Gasteiger partial charge in [0.25, 0.3) is 0 Å². The highest BCUT2D eigenvalue weighted by atomic mass is 15.3. The number of nitrogen functional groups attached to an aromatic ring is 1. The maximum absolute atomic E-state index is 6.43. The van der Waals surface area contributed by atoms with E-state index >= 15 is 0 Å². The summed E-state index contributed by atoms with van der Waals surface area (Å²) in [6.45, 7) is 9.78. The van der Waals surface area contributed by atoms with Crippen LogP contribution in [0.25, 0.3) is 27.5 Å². The minimum Gasteiger partial charge on any atom is -0.382 e. The summed E-state index contributed by atoms with van der Waals surface area (Å²) in [5.74, 6) is 0.895. The Kier molecular flexibility index (Phi) is 5.52. The highest BCUT2D eigenvalue weighted by Gasteiger charge is 2.31. The zero-order valence-corrected chi connectivity index (χ0v) is 21.2. The first-order valence-corrected chi connectivity index (χ1v) is 12.8. The van der Waals surface area contributed by atoms with E-state index in [0.29, 0.717) is 11.7 Å². The summed E-state index contributed by atoms with van der Waals surface area (Å²) in [5, 5.41) is 10.6. The van der Waals surface area contributed by atoms with Crippen molar-refractivity contribution < 1.29 is 0 Å². The predicted octanol–water partition coefficient (Wildman–Crippen LogP) is 5.35. The van der Waals surface area contributed by atoms with E-state index in [1.807, 2.05) is 15.3 Å². The average Bonchev–Trinajstić information content (AvgIpc) is 3.45. The molecule has 1 aliphatic heterocycles. The topological polar surface area (TPSA) is 77.3 Å². The Labute approximate surface area is 211 Å². The first-order chi connectivity index (χ1) is 17.4. The monoisotopic (exact) mass is 479 g/mol. The molecule has 2 N–H and O–H groups in total. The first-order valence-electron chi connectivity index (χ1n) is 12.8. The number of benzene rings is 2. The molecule has 4 heterocycles. The van der Waals surface area contributed by atoms with E-state index in [1.165, 1.54) is 17.7 Å². The highest BCUT2D eigenvalue weighted by molar-refractivity contribution is 5.92. The third kappa shape index (κ3) is 4.13. The lowest BCUT2D eigenvalue weighted by Gasteiger charge is -2.41. The molecule has 0 amide bonds. The Morgan fingerprint density at radius 1 is 1.06 bits per heavy atom. The molecule has 0 aliphatic carbocycles. The van der Waals surface area contributed by atoms with Gasteiger partial charge in [0, 0.05) is 40.8 Å². The zero-order valence-electron chi connectivity index (χ0n) is 21.2. The number of hydrogen-bond donors (Lipinski definition) is 1. The molecule has 0 spiro atoms. The van der Waals surface area contributed by atoms with E-state index in [-0.39, 0.29) is 5.54 Å². The molecule has 0 saturated carbocycles. The molecule has 6 rings (SSSR count). The SMILES string of the molecule is CC(C)(C)N1CCCC(c2cc(-c3ccc4cn(Cc5ccccc5)nc4c3)c3c(N)ncnn23)C1. The van der Waals surface area contributed by atoms with E-state index in [1.54, 1.807) is 6.33 Å². The number of nitrogens with two attached hydrogens (primary N) is 1. The number of hydrogen-bond acceptors (Lipinski definition) is 5. The van der Waals surface area contributed by atoms with Gasteiger partial charge in [-0.3, -0.25) is 9.58 Å². The van der Waals surface area contributed by atoms with E-state index in [4.69, 9.17) is 10.8 Å². The minimum atomic E-state index is 0.145. The fourth-order valence-corrected chi connectivity index (χ4v) is 5.52. The van der Waals surface area contributed by atoms with Crippen molar-refractivity contribution in [3.05, 3.63) is 78.4 Å². The number of anilines is 1. The lowest BCUT2D eigenvalue weighted by Crippen LogP contribution is -2.46. The standard InChI is InChI=1S/C29H33N7/c1-29(2,3)34-13-7-10-23(17-34)26-15-24(27-28(30)31-19-32-36(26)27)21-11-12-22-18-35(33-25(22)14-21)16-20-8-5-4-6-9-20/h4-6,8-9,11-12,14-15,18-19,23H,7,10,13,16-17H2,1-3H3,(H2,30,31,32). The lowest BCUT2D eigenvalue weighted by molar-refractivity contribution is 0.0974. The van der Waals surface area contributed by atoms with E-state index in [9.17, 15) is 0 Å². The minimum absolute atomic E-state index is 0.145. The second kappa shape index (κ2) is 8.75. The van der Waals surface area contributed by atoms with Gasteiger partial charge in [-0.25, -0.2) is 9.50 Å². The number of nitrogens with zero attached hydrogens (tertiary/aromatic N) is 6. The van der Waals surface area contributed by atoms with E-state index in [0.717, 1.165) is 53.6 Å². The molecule has 184 valence electrons. The Bertz CT molecular complexity index is 1520. The summed E-state index contributed by atoms with van der Waals surface area (Å²) in [4.78, 5) is 6.91. The summed E-state index contributed by atoms with van der Waals surface area (Å²) in [7, 11) is 0. The van der Waals surface area contributed by atoms with Gasteiger partial charge < -0.3 is 5.73 Å². The number of piperidine rings is 1. The van der Waals surface area contributed by atoms with Gasteiger partial charge in [0.05, 0.1) is 12.1 Å². The molecule has 5 aromatic rings. The molecule has 1 fully saturated rings. The summed E-state index contributed by atoms with van der Waals surface area (Å²) in [6.07, 6.45) is 5.99. The second-order valence-electron chi connectivity index (χ2n) is 10.9. The number of likely N-dealkylation sites (tertiary alicyclic amines) is 1. The molecule has 7 nitrogen and oxygen atoms in total. The van der Waals surface area contributed by atoms with Crippen LogP contribution < -0.4 is 5.73 Å². The Balaban J connectivity index is 1.40. The number of aromatic nitrogens is 5. The van der Waals surface area contributed by atoms with Crippen LogP contribution in [-0.2, 0) is 6.54 Å². The molecule has 36 heavy (non-hydrogen) atoms. The van der Waals surface area contributed by atoms with Crippen LogP contribution in [0.2, 0.25) is 0 Å². The van der Waals surface area contributed by atoms with Crippen LogP contribution >= 0.6 is 0 Å². The maximum atomic E-state index is 6.43. The summed E-state index contributed by atoms with van der Waals surface area (Å²) in [6, 6.07) is 19.1. The number of fused-ring (bicyclic) bond motifs is 2. The van der Waals surface area contributed by atoms with Crippen LogP contribution in [0, 0.1) is 0 Å². The van der Waals surface area contributed by atoms with Crippen LogP contribution in [0.15, 0.2) is 67.1 Å². The van der Waals surface area contributed by atoms with Gasteiger partial charge >= 0.3 is 0 Å². The van der Waals surface area contributed by atoms with Crippen LogP contribution in [0.4, 0.5) is 5.82 Å². The fraction of sp³-hybridized carbons (Fsp3) is 0.345. The van der Waals surface area contributed by atoms with Gasteiger partial charge in [-0.15, -0.1) is 0 Å². The molecular weight excluding hydrogens is 446 g/mol. The van der Waals surface area contributed by atoms with Crippen molar-refractivity contribution in [2.24, 2.45) is 0 Å². The highest BCUT2D eigenvalue weighted by Crippen LogP contribution is 2.37. The molecule has 1 unspecified atom stereocenters. The molecule has 2 aromatic carbocycles. The zero-order chi connectivity index (χ0) is 24.9. The quantitative estimate of drug-likeness (QED) is 0.376. The molecule has 1 aliphatic rings. The van der Waals surface area contributed by atoms with Gasteiger partial charge in [0.15, 0.2) is 5.82 Å². The molecule has 0 radical (unpaired) electrons. The van der Waals surface area contributed by atoms with Crippen LogP contribution in [0.1, 0.15) is 50.8 Å². The van der Waals surface area contributed by atoms with Crippen LogP contribution in [0.3, 0.4) is 0 Å². The van der Waals surface area contributed by atoms with Crippen molar-refractivity contribution in [1.29, 1.82) is 0 Å². The third-order valence-corrected chi connectivity index (χ3v) is 7.45. The van der Waals surface area contributed by atoms with Gasteiger partial charge in [-0.1, -0.05) is 42.5 Å². The normalized spacial score (nSPS) is 17.2. The molecular formula is C29H33N7. The molecule has 1 saturated heterocycles. The molecule has 0 bridgehead atoms. The number of rotatable bonds is 4. The Morgan fingerprint density at radius 3 is 2.69 bits per heavy atom. The largest absolute Gasteiger partial charge is 0.382 e. The summed E-state index contributed by atoms with van der Waals surface area (Å²) >= 11 is 0. The van der Waals surface area contributed by atoms with Gasteiger partial charge in [-0.05, 0) is 63.4 Å². The maximum Gasteiger partial charge on any atom is 0.151 e. The smallest absolute Gasteiger partial charge is 0.151 e. The van der Waals surface area contributed by atoms with Crippen molar-refractivity contribution in [3.63, 3.8) is 0 Å². The van der Waals surface area contributed by atoms with Crippen molar-refractivity contribution >= 4 is 22.2 Å². The van der Waals surface area contributed by atoms with Gasteiger partial charge in [0.2, 0.25) is 0 Å². The third-order valence-electron chi connectivity index (χ3n) is 7.45. The summed E-state index contributed by atoms with van der Waals surface area (Å²) < 4.78 is 4.03. The second-order valence-corrected chi connectivity index (χ2v) is 10.9. The predicted molar refractivity (Wildman–Crippen MR) is 145 cm³/mol. The van der Waals surface area contributed by atoms with Crippen LogP contribution in [-0.4, -0.2) is 47.9 Å². The Hall–Kier alpha value is -3.71. The average molecular weight is 480 g/mol. The van der Waals surface area contributed by atoms with E-state index in [2.05, 4.69) is 90.5 Å². The Morgan fingerprint density at radius 2 is 1.89 bits per heavy atom. The molecule has 1 atom stereocenters. The van der Waals surface area contributed by atoms with Gasteiger partial charge in [-0.2, -0.15) is 10.2 Å². The lowest BCUT2D eigenvalue weighted by atomic mass is 9.91. The summed E-state index contributed by atoms with van der Waals surface area (Å²) in [5.41, 5.74) is 13.0. The van der Waals surface area contributed by atoms with Gasteiger partial charge in [0.1, 0.15) is 11.8 Å². The van der Waals surface area contributed by atoms with Crippen molar-refractivity contribution in [2.45, 2.75) is 51.6 Å². The van der Waals surface area contributed by atoms with Crippen molar-refractivity contribution in [2.75, 3.05) is 18.8 Å². The van der Waals surface area contributed by atoms with Crippen molar-refractivity contribution in [3.8, 4) is 11.1 Å².